The van der Waals surface area contributed by atoms with Crippen LogP contribution in [0, 0.1) is 5.41 Å². The van der Waals surface area contributed by atoms with Crippen molar-refractivity contribution in [2.45, 2.75) is 20.8 Å². The van der Waals surface area contributed by atoms with Gasteiger partial charge in [-0.1, -0.05) is 44.0 Å². The van der Waals surface area contributed by atoms with Gasteiger partial charge in [0, 0.05) is 28.6 Å². The van der Waals surface area contributed by atoms with E-state index in [9.17, 15) is 0 Å². The standard InChI is InChI=1S/C15H16Cl2N2/c1-15(2,3)13(9-19-7-6-18-10-19)12-8-11(16)4-5-14(12)17/h4-10H,1-3H3. The van der Waals surface area contributed by atoms with Crippen LogP contribution in [0.5, 0.6) is 0 Å². The summed E-state index contributed by atoms with van der Waals surface area (Å²) in [6, 6.07) is 5.52. The van der Waals surface area contributed by atoms with Crippen LogP contribution in [-0.4, -0.2) is 9.55 Å². The number of hydrogen-bond acceptors (Lipinski definition) is 1. The van der Waals surface area contributed by atoms with Crippen LogP contribution in [0.3, 0.4) is 0 Å². The number of hydrogen-bond donors (Lipinski definition) is 0. The summed E-state index contributed by atoms with van der Waals surface area (Å²) in [5, 5.41) is 1.38. The highest BCUT2D eigenvalue weighted by molar-refractivity contribution is 6.34. The highest BCUT2D eigenvalue weighted by atomic mass is 35.5. The number of nitrogens with zero attached hydrogens (tertiary/aromatic N) is 2. The SMILES string of the molecule is CC(C)(C)C(=Cn1ccnc1)c1cc(Cl)ccc1Cl. The van der Waals surface area contributed by atoms with Gasteiger partial charge in [0.1, 0.15) is 0 Å². The molecule has 1 aromatic carbocycles. The molecule has 0 amide bonds. The lowest BCUT2D eigenvalue weighted by atomic mass is 9.82. The lowest BCUT2D eigenvalue weighted by Crippen LogP contribution is -2.09. The summed E-state index contributed by atoms with van der Waals surface area (Å²) >= 11 is 12.4. The molecule has 0 saturated carbocycles. The normalized spacial score (nSPS) is 12.8. The van der Waals surface area contributed by atoms with Crippen molar-refractivity contribution in [3.8, 4) is 0 Å². The van der Waals surface area contributed by atoms with Crippen LogP contribution in [0.2, 0.25) is 10.0 Å². The summed E-state index contributed by atoms with van der Waals surface area (Å²) in [5.41, 5.74) is 2.01. The first-order valence-electron chi connectivity index (χ1n) is 6.03. The van der Waals surface area contributed by atoms with Gasteiger partial charge in [0.15, 0.2) is 0 Å². The minimum Gasteiger partial charge on any atom is -0.313 e. The van der Waals surface area contributed by atoms with Gasteiger partial charge in [-0.3, -0.25) is 0 Å². The highest BCUT2D eigenvalue weighted by Crippen LogP contribution is 2.39. The molecule has 100 valence electrons. The Morgan fingerprint density at radius 1 is 1.26 bits per heavy atom. The number of halogens is 2. The molecule has 19 heavy (non-hydrogen) atoms. The Labute approximate surface area is 123 Å². The quantitative estimate of drug-likeness (QED) is 0.741. The number of benzene rings is 1. The van der Waals surface area contributed by atoms with Crippen molar-refractivity contribution in [3.05, 3.63) is 52.5 Å². The monoisotopic (exact) mass is 294 g/mol. The Morgan fingerprint density at radius 2 is 2.00 bits per heavy atom. The third-order valence-electron chi connectivity index (χ3n) is 2.83. The van der Waals surface area contributed by atoms with Crippen molar-refractivity contribution >= 4 is 35.0 Å². The molecule has 0 atom stereocenters. The zero-order chi connectivity index (χ0) is 14.0. The van der Waals surface area contributed by atoms with Gasteiger partial charge in [0.2, 0.25) is 0 Å². The lowest BCUT2D eigenvalue weighted by Gasteiger charge is -2.24. The summed E-state index contributed by atoms with van der Waals surface area (Å²) < 4.78 is 1.91. The van der Waals surface area contributed by atoms with E-state index in [1.54, 1.807) is 18.6 Å². The molecule has 0 spiro atoms. The summed E-state index contributed by atoms with van der Waals surface area (Å²) in [6.07, 6.45) is 7.43. The molecular weight excluding hydrogens is 279 g/mol. The Morgan fingerprint density at radius 3 is 2.58 bits per heavy atom. The maximum absolute atomic E-state index is 6.31. The van der Waals surface area contributed by atoms with Gasteiger partial charge in [-0.2, -0.15) is 0 Å². The fraction of sp³-hybridized carbons (Fsp3) is 0.267. The predicted molar refractivity (Wildman–Crippen MR) is 82.3 cm³/mol. The van der Waals surface area contributed by atoms with Crippen LogP contribution in [0.4, 0.5) is 0 Å². The van der Waals surface area contributed by atoms with Crippen molar-refractivity contribution in [1.29, 1.82) is 0 Å². The maximum atomic E-state index is 6.31. The van der Waals surface area contributed by atoms with Crippen molar-refractivity contribution in [3.63, 3.8) is 0 Å². The molecule has 1 heterocycles. The van der Waals surface area contributed by atoms with Crippen molar-refractivity contribution in [1.82, 2.24) is 9.55 Å². The molecule has 4 heteroatoms. The van der Waals surface area contributed by atoms with Crippen LogP contribution in [0.25, 0.3) is 11.8 Å². The second-order valence-corrected chi connectivity index (χ2v) is 6.27. The van der Waals surface area contributed by atoms with E-state index < -0.39 is 0 Å². The van der Waals surface area contributed by atoms with Gasteiger partial charge >= 0.3 is 0 Å². The van der Waals surface area contributed by atoms with Crippen LogP contribution >= 0.6 is 23.2 Å². The van der Waals surface area contributed by atoms with E-state index in [-0.39, 0.29) is 5.41 Å². The molecular formula is C15H16Cl2N2. The molecule has 0 aliphatic rings. The average molecular weight is 295 g/mol. The van der Waals surface area contributed by atoms with Crippen LogP contribution < -0.4 is 0 Å². The number of rotatable bonds is 2. The maximum Gasteiger partial charge on any atom is 0.0986 e. The molecule has 0 fully saturated rings. The molecule has 0 N–H and O–H groups in total. The van der Waals surface area contributed by atoms with Gasteiger partial charge in [0.05, 0.1) is 6.33 Å². The topological polar surface area (TPSA) is 17.8 Å². The van der Waals surface area contributed by atoms with Crippen molar-refractivity contribution in [2.75, 3.05) is 0 Å². The summed E-state index contributed by atoms with van der Waals surface area (Å²) in [7, 11) is 0. The van der Waals surface area contributed by atoms with Crippen LogP contribution in [-0.2, 0) is 0 Å². The smallest absolute Gasteiger partial charge is 0.0986 e. The molecule has 0 saturated heterocycles. The van der Waals surface area contributed by atoms with Gasteiger partial charge in [-0.05, 0) is 34.8 Å². The first-order valence-corrected chi connectivity index (χ1v) is 6.78. The Balaban J connectivity index is 2.59. The fourth-order valence-corrected chi connectivity index (χ4v) is 2.26. The largest absolute Gasteiger partial charge is 0.313 e. The third kappa shape index (κ3) is 3.40. The summed E-state index contributed by atoms with van der Waals surface area (Å²) in [4.78, 5) is 4.05. The van der Waals surface area contributed by atoms with Crippen molar-refractivity contribution in [2.24, 2.45) is 5.41 Å². The molecule has 0 aliphatic heterocycles. The van der Waals surface area contributed by atoms with Gasteiger partial charge in [0.25, 0.3) is 0 Å². The zero-order valence-electron chi connectivity index (χ0n) is 11.2. The number of imidazole rings is 1. The predicted octanol–water partition coefficient (Wildman–Crippen LogP) is 5.23. The summed E-state index contributed by atoms with van der Waals surface area (Å²) in [6.45, 7) is 6.44. The van der Waals surface area contributed by atoms with E-state index >= 15 is 0 Å². The molecule has 2 aromatic rings. The van der Waals surface area contributed by atoms with E-state index in [0.717, 1.165) is 11.1 Å². The van der Waals surface area contributed by atoms with E-state index in [0.29, 0.717) is 10.0 Å². The second kappa shape index (κ2) is 5.40. The van der Waals surface area contributed by atoms with E-state index in [1.165, 1.54) is 0 Å². The molecule has 0 bridgehead atoms. The van der Waals surface area contributed by atoms with Gasteiger partial charge in [-0.25, -0.2) is 4.98 Å². The zero-order valence-corrected chi connectivity index (χ0v) is 12.7. The second-order valence-electron chi connectivity index (χ2n) is 5.43. The minimum absolute atomic E-state index is 0.0570. The fourth-order valence-electron chi connectivity index (χ4n) is 1.87. The van der Waals surface area contributed by atoms with Gasteiger partial charge < -0.3 is 4.57 Å². The molecule has 1 aromatic heterocycles. The Hall–Kier alpha value is -1.25. The van der Waals surface area contributed by atoms with Crippen molar-refractivity contribution < 1.29 is 0 Å². The van der Waals surface area contributed by atoms with Crippen LogP contribution in [0.15, 0.2) is 36.9 Å². The highest BCUT2D eigenvalue weighted by Gasteiger charge is 2.21. The third-order valence-corrected chi connectivity index (χ3v) is 3.39. The number of allylic oxidation sites excluding steroid dienone is 1. The molecule has 0 unspecified atom stereocenters. The van der Waals surface area contributed by atoms with E-state index in [2.05, 4.69) is 25.8 Å². The first kappa shape index (κ1) is 14.2. The van der Waals surface area contributed by atoms with E-state index in [1.807, 2.05) is 29.1 Å². The minimum atomic E-state index is -0.0570. The Kier molecular flexibility index (Phi) is 4.02. The molecule has 2 rings (SSSR count). The number of aromatic nitrogens is 2. The van der Waals surface area contributed by atoms with Crippen LogP contribution in [0.1, 0.15) is 26.3 Å². The molecule has 0 aliphatic carbocycles. The molecule has 0 radical (unpaired) electrons. The van der Waals surface area contributed by atoms with E-state index in [4.69, 9.17) is 23.2 Å². The summed E-state index contributed by atoms with van der Waals surface area (Å²) in [5.74, 6) is 0. The Bertz CT molecular complexity index is 593. The molecule has 2 nitrogen and oxygen atoms in total. The van der Waals surface area contributed by atoms with Gasteiger partial charge in [-0.15, -0.1) is 0 Å². The average Bonchev–Trinajstić information content (AvgIpc) is 2.81. The first-order chi connectivity index (χ1) is 8.88. The lowest BCUT2D eigenvalue weighted by molar-refractivity contribution is 0.568.